The predicted molar refractivity (Wildman–Crippen MR) is 126 cm³/mol. The summed E-state index contributed by atoms with van der Waals surface area (Å²) in [6.45, 7) is 1.46. The Morgan fingerprint density at radius 1 is 1.12 bits per heavy atom. The topological polar surface area (TPSA) is 132 Å². The van der Waals surface area contributed by atoms with Crippen LogP contribution in [0.5, 0.6) is 17.2 Å². The van der Waals surface area contributed by atoms with Crippen LogP contribution in [0, 0.1) is 0 Å². The maximum absolute atomic E-state index is 11.4. The van der Waals surface area contributed by atoms with Gasteiger partial charge in [0.25, 0.3) is 0 Å². The molecule has 0 bridgehead atoms. The van der Waals surface area contributed by atoms with Gasteiger partial charge in [0, 0.05) is 30.4 Å². The number of aliphatic hydroxyl groups excluding tert-OH is 1. The van der Waals surface area contributed by atoms with E-state index in [0.717, 1.165) is 5.56 Å². The number of nitrogens with two attached hydrogens (primary N) is 1. The summed E-state index contributed by atoms with van der Waals surface area (Å²) in [7, 11) is 3.18. The van der Waals surface area contributed by atoms with E-state index in [-0.39, 0.29) is 12.5 Å². The Morgan fingerprint density at radius 2 is 1.88 bits per heavy atom. The van der Waals surface area contributed by atoms with E-state index >= 15 is 0 Å². The zero-order valence-electron chi connectivity index (χ0n) is 19.0. The standard InChI is InChI=1S/C24H30N4O5/c1-15(29)27-17-6-9-22(18(13-17)20-10-11-26-28-20)33-14-21(30)19(25)7-4-16-5-8-23(31-2)24(12-16)32-3/h5-6,8-13,19,21,30H,4,7,14,25H2,1-3H3,(H,26,28)(H,27,29). The minimum absolute atomic E-state index is 0.0179. The lowest BCUT2D eigenvalue weighted by Crippen LogP contribution is -2.39. The Morgan fingerprint density at radius 3 is 2.55 bits per heavy atom. The molecule has 1 heterocycles. The number of carbonyl (C=O) groups is 1. The number of nitrogens with one attached hydrogen (secondary N) is 2. The highest BCUT2D eigenvalue weighted by atomic mass is 16.5. The van der Waals surface area contributed by atoms with Gasteiger partial charge in [0.1, 0.15) is 18.5 Å². The van der Waals surface area contributed by atoms with E-state index in [0.29, 0.717) is 47.0 Å². The molecule has 1 aromatic heterocycles. The summed E-state index contributed by atoms with van der Waals surface area (Å²) in [5.74, 6) is 1.67. The maximum atomic E-state index is 11.4. The van der Waals surface area contributed by atoms with Crippen LogP contribution in [0.25, 0.3) is 11.3 Å². The Labute approximate surface area is 192 Å². The van der Waals surface area contributed by atoms with E-state index < -0.39 is 12.1 Å². The van der Waals surface area contributed by atoms with Gasteiger partial charge in [-0.05, 0) is 54.8 Å². The van der Waals surface area contributed by atoms with Gasteiger partial charge in [0.05, 0.1) is 19.9 Å². The molecule has 1 amide bonds. The van der Waals surface area contributed by atoms with Crippen molar-refractivity contribution in [1.82, 2.24) is 10.2 Å². The first-order chi connectivity index (χ1) is 15.9. The van der Waals surface area contributed by atoms with Crippen molar-refractivity contribution in [2.24, 2.45) is 5.73 Å². The van der Waals surface area contributed by atoms with Crippen LogP contribution in [-0.4, -0.2) is 54.2 Å². The van der Waals surface area contributed by atoms with Crippen LogP contribution in [0.1, 0.15) is 18.9 Å². The number of aliphatic hydroxyl groups is 1. The molecule has 9 nitrogen and oxygen atoms in total. The third-order valence-corrected chi connectivity index (χ3v) is 5.19. The van der Waals surface area contributed by atoms with Crippen LogP contribution in [0.3, 0.4) is 0 Å². The van der Waals surface area contributed by atoms with E-state index in [2.05, 4.69) is 15.5 Å². The normalized spacial score (nSPS) is 12.6. The summed E-state index contributed by atoms with van der Waals surface area (Å²) < 4.78 is 16.5. The highest BCUT2D eigenvalue weighted by molar-refractivity contribution is 5.90. The molecule has 0 radical (unpaired) electrons. The molecule has 2 unspecified atom stereocenters. The minimum atomic E-state index is -0.868. The van der Waals surface area contributed by atoms with Crippen LogP contribution < -0.4 is 25.3 Å². The van der Waals surface area contributed by atoms with Crippen molar-refractivity contribution >= 4 is 11.6 Å². The second kappa shape index (κ2) is 11.3. The molecular weight excluding hydrogens is 424 g/mol. The molecule has 3 aromatic rings. The number of aryl methyl sites for hydroxylation is 1. The fraction of sp³-hybridized carbons (Fsp3) is 0.333. The molecule has 3 rings (SSSR count). The Bertz CT molecular complexity index is 1060. The van der Waals surface area contributed by atoms with E-state index in [1.807, 2.05) is 18.2 Å². The van der Waals surface area contributed by atoms with Crippen molar-refractivity contribution in [1.29, 1.82) is 0 Å². The van der Waals surface area contributed by atoms with Crippen molar-refractivity contribution in [3.05, 3.63) is 54.2 Å². The average molecular weight is 455 g/mol. The number of benzene rings is 2. The van der Waals surface area contributed by atoms with Crippen LogP contribution in [0.2, 0.25) is 0 Å². The summed E-state index contributed by atoms with van der Waals surface area (Å²) in [4.78, 5) is 11.4. The summed E-state index contributed by atoms with van der Waals surface area (Å²) in [6.07, 6.45) is 2.06. The van der Waals surface area contributed by atoms with E-state index in [1.54, 1.807) is 44.7 Å². The number of anilines is 1. The molecule has 0 saturated carbocycles. The molecule has 176 valence electrons. The second-order valence-corrected chi connectivity index (χ2v) is 7.62. The molecule has 0 fully saturated rings. The molecule has 2 aromatic carbocycles. The lowest BCUT2D eigenvalue weighted by atomic mass is 10.0. The average Bonchev–Trinajstić information content (AvgIpc) is 3.35. The van der Waals surface area contributed by atoms with Crippen LogP contribution >= 0.6 is 0 Å². The largest absolute Gasteiger partial charge is 0.493 e. The summed E-state index contributed by atoms with van der Waals surface area (Å²) in [6, 6.07) is 12.3. The number of carbonyl (C=O) groups excluding carboxylic acids is 1. The number of aromatic amines is 1. The molecule has 0 aliphatic heterocycles. The first kappa shape index (κ1) is 24.1. The summed E-state index contributed by atoms with van der Waals surface area (Å²) in [5, 5.41) is 20.3. The molecule has 2 atom stereocenters. The zero-order valence-corrected chi connectivity index (χ0v) is 19.0. The number of aromatic nitrogens is 2. The van der Waals surface area contributed by atoms with Gasteiger partial charge in [-0.15, -0.1) is 0 Å². The number of methoxy groups -OCH3 is 2. The Balaban J connectivity index is 1.61. The molecule has 0 aliphatic carbocycles. The quantitative estimate of drug-likeness (QED) is 0.350. The predicted octanol–water partition coefficient (Wildman–Crippen LogP) is 2.75. The van der Waals surface area contributed by atoms with Gasteiger partial charge >= 0.3 is 0 Å². The number of H-pyrrole nitrogens is 1. The Hall–Kier alpha value is -3.56. The van der Waals surface area contributed by atoms with Crippen molar-refractivity contribution in [2.45, 2.75) is 31.9 Å². The summed E-state index contributed by atoms with van der Waals surface area (Å²) >= 11 is 0. The summed E-state index contributed by atoms with van der Waals surface area (Å²) in [5.41, 5.74) is 9.22. The van der Waals surface area contributed by atoms with Gasteiger partial charge in [0.2, 0.25) is 5.91 Å². The molecule has 9 heteroatoms. The molecular formula is C24H30N4O5. The van der Waals surface area contributed by atoms with Gasteiger partial charge in [-0.2, -0.15) is 5.10 Å². The van der Waals surface area contributed by atoms with E-state index in [9.17, 15) is 9.90 Å². The Kier molecular flexibility index (Phi) is 8.28. The van der Waals surface area contributed by atoms with Crippen molar-refractivity contribution in [3.63, 3.8) is 0 Å². The van der Waals surface area contributed by atoms with Crippen LogP contribution in [-0.2, 0) is 11.2 Å². The van der Waals surface area contributed by atoms with Crippen molar-refractivity contribution in [3.8, 4) is 28.5 Å². The first-order valence-corrected chi connectivity index (χ1v) is 10.6. The van der Waals surface area contributed by atoms with Gasteiger partial charge in [-0.25, -0.2) is 0 Å². The number of ether oxygens (including phenoxy) is 3. The maximum Gasteiger partial charge on any atom is 0.221 e. The SMILES string of the molecule is COc1ccc(CCC(N)C(O)COc2ccc(NC(C)=O)cc2-c2cc[nH]n2)cc1OC. The van der Waals surface area contributed by atoms with E-state index in [4.69, 9.17) is 19.9 Å². The highest BCUT2D eigenvalue weighted by Gasteiger charge is 2.18. The van der Waals surface area contributed by atoms with Crippen LogP contribution in [0.4, 0.5) is 5.69 Å². The van der Waals surface area contributed by atoms with Gasteiger partial charge in [0.15, 0.2) is 11.5 Å². The third kappa shape index (κ3) is 6.47. The molecule has 0 saturated heterocycles. The van der Waals surface area contributed by atoms with E-state index in [1.165, 1.54) is 6.92 Å². The lowest BCUT2D eigenvalue weighted by Gasteiger charge is -2.20. The van der Waals surface area contributed by atoms with Crippen LogP contribution in [0.15, 0.2) is 48.7 Å². The van der Waals surface area contributed by atoms with Gasteiger partial charge in [-0.1, -0.05) is 6.07 Å². The number of nitrogens with zero attached hydrogens (tertiary/aromatic N) is 1. The zero-order chi connectivity index (χ0) is 23.8. The van der Waals surface area contributed by atoms with Gasteiger partial charge < -0.3 is 30.4 Å². The van der Waals surface area contributed by atoms with Crippen molar-refractivity contribution in [2.75, 3.05) is 26.1 Å². The number of hydrogen-bond acceptors (Lipinski definition) is 7. The molecule has 33 heavy (non-hydrogen) atoms. The lowest BCUT2D eigenvalue weighted by molar-refractivity contribution is -0.114. The van der Waals surface area contributed by atoms with Gasteiger partial charge in [-0.3, -0.25) is 9.89 Å². The number of hydrogen-bond donors (Lipinski definition) is 4. The molecule has 5 N–H and O–H groups in total. The number of amides is 1. The van der Waals surface area contributed by atoms with Crippen molar-refractivity contribution < 1.29 is 24.1 Å². The smallest absolute Gasteiger partial charge is 0.221 e. The second-order valence-electron chi connectivity index (χ2n) is 7.62. The third-order valence-electron chi connectivity index (χ3n) is 5.19. The fourth-order valence-electron chi connectivity index (χ4n) is 3.41. The monoisotopic (exact) mass is 454 g/mol. The fourth-order valence-corrected chi connectivity index (χ4v) is 3.41. The molecule has 0 spiro atoms. The first-order valence-electron chi connectivity index (χ1n) is 10.6. The highest BCUT2D eigenvalue weighted by Crippen LogP contribution is 2.32. The number of rotatable bonds is 11. The minimum Gasteiger partial charge on any atom is -0.493 e. The molecule has 0 aliphatic rings.